The number of pyridine rings is 1. The van der Waals surface area contributed by atoms with Crippen molar-refractivity contribution in [3.05, 3.63) is 53.9 Å². The monoisotopic (exact) mass is 327 g/mol. The summed E-state index contributed by atoms with van der Waals surface area (Å²) in [6, 6.07) is 9.21. The molecule has 1 aromatic carbocycles. The van der Waals surface area contributed by atoms with Crippen LogP contribution in [0.1, 0.15) is 22.8 Å². The van der Waals surface area contributed by atoms with Gasteiger partial charge in [0.1, 0.15) is 0 Å². The molecule has 0 spiro atoms. The second-order valence-corrected chi connectivity index (χ2v) is 6.86. The number of hydrogen-bond acceptors (Lipinski definition) is 4. The van der Waals surface area contributed by atoms with Gasteiger partial charge in [0.15, 0.2) is 0 Å². The second kappa shape index (κ2) is 6.42. The zero-order valence-corrected chi connectivity index (χ0v) is 13.8. The number of amides is 2. The normalized spacial score (nSPS) is 16.4. The van der Waals surface area contributed by atoms with Crippen LogP contribution in [0.5, 0.6) is 0 Å². The average Bonchev–Trinajstić information content (AvgIpc) is 2.55. The molecule has 118 valence electrons. The van der Waals surface area contributed by atoms with Gasteiger partial charge in [0, 0.05) is 36.4 Å². The molecular weight excluding hydrogens is 310 g/mol. The van der Waals surface area contributed by atoms with Crippen LogP contribution in [0, 0.1) is 0 Å². The van der Waals surface area contributed by atoms with E-state index in [-0.39, 0.29) is 17.1 Å². The van der Waals surface area contributed by atoms with Gasteiger partial charge in [-0.25, -0.2) is 0 Å². The Morgan fingerprint density at radius 3 is 2.78 bits per heavy atom. The minimum absolute atomic E-state index is 0.0303. The first-order chi connectivity index (χ1) is 11.0. The average molecular weight is 327 g/mol. The van der Waals surface area contributed by atoms with E-state index in [1.54, 1.807) is 36.5 Å². The third-order valence-corrected chi connectivity index (χ3v) is 4.85. The molecule has 2 heterocycles. The van der Waals surface area contributed by atoms with Crippen molar-refractivity contribution in [3.63, 3.8) is 0 Å². The number of carbonyl (C=O) groups excluding carboxylic acids is 2. The van der Waals surface area contributed by atoms with Crippen molar-refractivity contribution in [1.82, 2.24) is 9.88 Å². The lowest BCUT2D eigenvalue weighted by Crippen LogP contribution is -2.28. The van der Waals surface area contributed by atoms with E-state index in [1.165, 1.54) is 11.8 Å². The lowest BCUT2D eigenvalue weighted by Gasteiger charge is -2.23. The van der Waals surface area contributed by atoms with Gasteiger partial charge in [0.2, 0.25) is 5.91 Å². The van der Waals surface area contributed by atoms with Crippen molar-refractivity contribution < 1.29 is 9.59 Å². The van der Waals surface area contributed by atoms with Crippen molar-refractivity contribution in [1.29, 1.82) is 0 Å². The Balaban J connectivity index is 1.78. The van der Waals surface area contributed by atoms with Crippen LogP contribution >= 0.6 is 11.8 Å². The third kappa shape index (κ3) is 3.37. The van der Waals surface area contributed by atoms with Crippen LogP contribution in [-0.4, -0.2) is 34.0 Å². The summed E-state index contributed by atoms with van der Waals surface area (Å²) in [4.78, 5) is 31.0. The number of fused-ring (bicyclic) bond motifs is 1. The van der Waals surface area contributed by atoms with E-state index in [2.05, 4.69) is 10.3 Å². The molecule has 0 aliphatic carbocycles. The molecule has 0 saturated carbocycles. The number of aromatic nitrogens is 1. The first kappa shape index (κ1) is 15.6. The SMILES string of the molecule is CC1Sc2ccc(C(=O)N(C)Cc3ccncc3)cc2NC1=O. The second-order valence-electron chi connectivity index (χ2n) is 5.48. The maximum atomic E-state index is 12.6. The Kier molecular flexibility index (Phi) is 4.34. The Hall–Kier alpha value is -2.34. The van der Waals surface area contributed by atoms with Gasteiger partial charge in [0.05, 0.1) is 10.9 Å². The van der Waals surface area contributed by atoms with Gasteiger partial charge >= 0.3 is 0 Å². The molecule has 1 N–H and O–H groups in total. The minimum Gasteiger partial charge on any atom is -0.337 e. The van der Waals surface area contributed by atoms with Crippen LogP contribution in [0.2, 0.25) is 0 Å². The maximum Gasteiger partial charge on any atom is 0.253 e. The van der Waals surface area contributed by atoms with Crippen LogP contribution < -0.4 is 5.32 Å². The largest absolute Gasteiger partial charge is 0.337 e. The number of benzene rings is 1. The molecule has 1 aromatic heterocycles. The van der Waals surface area contributed by atoms with Gasteiger partial charge in [-0.05, 0) is 42.8 Å². The fraction of sp³-hybridized carbons (Fsp3) is 0.235. The molecule has 0 fully saturated rings. The fourth-order valence-corrected chi connectivity index (χ4v) is 3.33. The molecule has 3 rings (SSSR count). The van der Waals surface area contributed by atoms with E-state index >= 15 is 0 Å². The van der Waals surface area contributed by atoms with E-state index in [0.717, 1.165) is 10.5 Å². The molecule has 2 aromatic rings. The van der Waals surface area contributed by atoms with Crippen LogP contribution in [0.3, 0.4) is 0 Å². The summed E-state index contributed by atoms with van der Waals surface area (Å²) in [6.45, 7) is 2.38. The number of nitrogens with zero attached hydrogens (tertiary/aromatic N) is 2. The molecule has 2 amide bonds. The first-order valence-electron chi connectivity index (χ1n) is 7.30. The number of nitrogens with one attached hydrogen (secondary N) is 1. The number of hydrogen-bond donors (Lipinski definition) is 1. The summed E-state index contributed by atoms with van der Waals surface area (Å²) in [5.74, 6) is -0.111. The zero-order valence-electron chi connectivity index (χ0n) is 12.9. The molecule has 0 saturated heterocycles. The first-order valence-corrected chi connectivity index (χ1v) is 8.18. The quantitative estimate of drug-likeness (QED) is 0.941. The lowest BCUT2D eigenvalue weighted by molar-refractivity contribution is -0.115. The van der Waals surface area contributed by atoms with Crippen LogP contribution in [0.25, 0.3) is 0 Å². The van der Waals surface area contributed by atoms with Crippen molar-refractivity contribution in [2.45, 2.75) is 23.6 Å². The van der Waals surface area contributed by atoms with Crippen molar-refractivity contribution in [2.24, 2.45) is 0 Å². The van der Waals surface area contributed by atoms with E-state index in [0.29, 0.717) is 17.8 Å². The molecule has 1 aliphatic heterocycles. The summed E-state index contributed by atoms with van der Waals surface area (Å²) in [5, 5.41) is 2.74. The number of rotatable bonds is 3. The molecular formula is C17H17N3O2S. The molecule has 0 bridgehead atoms. The summed E-state index contributed by atoms with van der Waals surface area (Å²) >= 11 is 1.51. The van der Waals surface area contributed by atoms with Crippen LogP contribution in [0.4, 0.5) is 5.69 Å². The van der Waals surface area contributed by atoms with Gasteiger partial charge in [0.25, 0.3) is 5.91 Å². The van der Waals surface area contributed by atoms with E-state index in [1.807, 2.05) is 25.1 Å². The Bertz CT molecular complexity index is 749. The van der Waals surface area contributed by atoms with E-state index in [4.69, 9.17) is 0 Å². The molecule has 1 unspecified atom stereocenters. The standard InChI is InChI=1S/C17H17N3O2S/c1-11-16(21)19-14-9-13(3-4-15(14)23-11)17(22)20(2)10-12-5-7-18-8-6-12/h3-9,11H,10H2,1-2H3,(H,19,21). The molecule has 0 radical (unpaired) electrons. The topological polar surface area (TPSA) is 62.3 Å². The molecule has 1 aliphatic rings. The smallest absolute Gasteiger partial charge is 0.253 e. The van der Waals surface area contributed by atoms with E-state index < -0.39 is 0 Å². The van der Waals surface area contributed by atoms with Gasteiger partial charge in [-0.1, -0.05) is 0 Å². The predicted octanol–water partition coefficient (Wildman–Crippen LogP) is 2.79. The molecule has 6 heteroatoms. The summed E-state index contributed by atoms with van der Waals surface area (Å²) in [5.41, 5.74) is 2.29. The summed E-state index contributed by atoms with van der Waals surface area (Å²) in [7, 11) is 1.76. The molecule has 5 nitrogen and oxygen atoms in total. The highest BCUT2D eigenvalue weighted by Gasteiger charge is 2.24. The Morgan fingerprint density at radius 1 is 1.30 bits per heavy atom. The van der Waals surface area contributed by atoms with Crippen LogP contribution in [-0.2, 0) is 11.3 Å². The van der Waals surface area contributed by atoms with Crippen molar-refractivity contribution in [3.8, 4) is 0 Å². The Labute approximate surface area is 139 Å². The highest BCUT2D eigenvalue weighted by atomic mass is 32.2. The maximum absolute atomic E-state index is 12.6. The fourth-order valence-electron chi connectivity index (χ4n) is 2.40. The van der Waals surface area contributed by atoms with Crippen molar-refractivity contribution >= 4 is 29.3 Å². The lowest BCUT2D eigenvalue weighted by atomic mass is 10.1. The van der Waals surface area contributed by atoms with Crippen molar-refractivity contribution in [2.75, 3.05) is 12.4 Å². The van der Waals surface area contributed by atoms with Gasteiger partial charge in [-0.2, -0.15) is 0 Å². The zero-order chi connectivity index (χ0) is 16.4. The number of carbonyl (C=O) groups is 2. The predicted molar refractivity (Wildman–Crippen MR) is 90.4 cm³/mol. The highest BCUT2D eigenvalue weighted by Crippen LogP contribution is 2.36. The number of anilines is 1. The Morgan fingerprint density at radius 2 is 2.04 bits per heavy atom. The van der Waals surface area contributed by atoms with Gasteiger partial charge < -0.3 is 10.2 Å². The number of thioether (sulfide) groups is 1. The van der Waals surface area contributed by atoms with Gasteiger partial charge in [-0.3, -0.25) is 14.6 Å². The third-order valence-electron chi connectivity index (χ3n) is 3.67. The van der Waals surface area contributed by atoms with Gasteiger partial charge in [-0.15, -0.1) is 11.8 Å². The molecule has 23 heavy (non-hydrogen) atoms. The summed E-state index contributed by atoms with van der Waals surface area (Å²) < 4.78 is 0. The highest BCUT2D eigenvalue weighted by molar-refractivity contribution is 8.00. The summed E-state index contributed by atoms with van der Waals surface area (Å²) in [6.07, 6.45) is 3.42. The van der Waals surface area contributed by atoms with E-state index in [9.17, 15) is 9.59 Å². The van der Waals surface area contributed by atoms with Crippen LogP contribution in [0.15, 0.2) is 47.6 Å². The molecule has 1 atom stereocenters. The minimum atomic E-state index is -0.113.